The van der Waals surface area contributed by atoms with Gasteiger partial charge in [0.1, 0.15) is 6.61 Å². The minimum atomic E-state index is -1.20. The smallest absolute Gasteiger partial charge is 0.407 e. The van der Waals surface area contributed by atoms with E-state index in [1.807, 2.05) is 43.3 Å². The van der Waals surface area contributed by atoms with Gasteiger partial charge < -0.3 is 20.5 Å². The van der Waals surface area contributed by atoms with Gasteiger partial charge in [-0.2, -0.15) is 0 Å². The number of carbonyl (C=O) groups is 3. The molecule has 2 amide bonds. The monoisotopic (exact) mass is 492 g/mol. The summed E-state index contributed by atoms with van der Waals surface area (Å²) in [4.78, 5) is 36.6. The van der Waals surface area contributed by atoms with Crippen LogP contribution in [0.25, 0.3) is 11.1 Å². The molecule has 0 heterocycles. The maximum atomic E-state index is 12.7. The largest absolute Gasteiger partial charge is 0.478 e. The van der Waals surface area contributed by atoms with Crippen LogP contribution in [0, 0.1) is 5.92 Å². The number of halogens is 1. The number of nitrogens with one attached hydrogen (secondary N) is 2. The molecule has 3 aromatic carbocycles. The first-order chi connectivity index (χ1) is 16.9. The molecule has 180 valence electrons. The number of fused-ring (bicyclic) bond motifs is 3. The molecule has 0 saturated carbocycles. The zero-order chi connectivity index (χ0) is 24.9. The van der Waals surface area contributed by atoms with Crippen LogP contribution in [0.15, 0.2) is 66.7 Å². The number of anilines is 1. The standard InChI is InChI=1S/C27H25ClN2O5/c1-2-16(25(31)30-24-12-11-17(28)13-22(24)26(32)33)14-29-27(34)35-15-23-20-9-5-3-7-18(20)19-8-4-6-10-21(19)23/h3-13,16,23H,2,14-15H2,1H3,(H,29,34)(H,30,31)(H,32,33). The lowest BCUT2D eigenvalue weighted by atomic mass is 9.98. The summed E-state index contributed by atoms with van der Waals surface area (Å²) >= 11 is 5.87. The lowest BCUT2D eigenvalue weighted by Crippen LogP contribution is -2.36. The Kier molecular flexibility index (Phi) is 7.36. The first-order valence-electron chi connectivity index (χ1n) is 11.3. The number of aromatic carboxylic acids is 1. The van der Waals surface area contributed by atoms with Crippen molar-refractivity contribution in [3.05, 3.63) is 88.4 Å². The Morgan fingerprint density at radius 1 is 1.00 bits per heavy atom. The molecule has 4 rings (SSSR count). The number of alkyl carbamates (subject to hydrolysis) is 1. The number of ether oxygens (including phenoxy) is 1. The van der Waals surface area contributed by atoms with Gasteiger partial charge in [-0.05, 0) is 46.9 Å². The van der Waals surface area contributed by atoms with Gasteiger partial charge >= 0.3 is 12.1 Å². The molecule has 0 aromatic heterocycles. The summed E-state index contributed by atoms with van der Waals surface area (Å²) in [7, 11) is 0. The third kappa shape index (κ3) is 5.30. The third-order valence-corrected chi connectivity index (χ3v) is 6.41. The molecule has 3 N–H and O–H groups in total. The van der Waals surface area contributed by atoms with Gasteiger partial charge in [0.05, 0.1) is 17.2 Å². The van der Waals surface area contributed by atoms with E-state index < -0.39 is 23.9 Å². The van der Waals surface area contributed by atoms with Crippen molar-refractivity contribution < 1.29 is 24.2 Å². The molecular weight excluding hydrogens is 468 g/mol. The Balaban J connectivity index is 1.35. The first-order valence-corrected chi connectivity index (χ1v) is 11.7. The molecule has 0 bridgehead atoms. The fourth-order valence-corrected chi connectivity index (χ4v) is 4.49. The molecule has 1 unspecified atom stereocenters. The molecule has 1 aliphatic carbocycles. The number of benzene rings is 3. The number of hydrogen-bond acceptors (Lipinski definition) is 4. The van der Waals surface area contributed by atoms with Crippen molar-refractivity contribution in [3.8, 4) is 11.1 Å². The zero-order valence-corrected chi connectivity index (χ0v) is 19.8. The molecule has 1 atom stereocenters. The fraction of sp³-hybridized carbons (Fsp3) is 0.222. The van der Waals surface area contributed by atoms with E-state index in [9.17, 15) is 19.5 Å². The second kappa shape index (κ2) is 10.6. The molecule has 0 fully saturated rings. The van der Waals surface area contributed by atoms with Crippen LogP contribution in [-0.4, -0.2) is 36.2 Å². The van der Waals surface area contributed by atoms with Gasteiger partial charge in [-0.25, -0.2) is 9.59 Å². The van der Waals surface area contributed by atoms with Crippen LogP contribution in [0.3, 0.4) is 0 Å². The van der Waals surface area contributed by atoms with E-state index in [0.29, 0.717) is 6.42 Å². The normalized spacial score (nSPS) is 12.9. The van der Waals surface area contributed by atoms with Crippen LogP contribution >= 0.6 is 11.6 Å². The zero-order valence-electron chi connectivity index (χ0n) is 19.1. The maximum absolute atomic E-state index is 12.7. The number of amides is 2. The highest BCUT2D eigenvalue weighted by atomic mass is 35.5. The van der Waals surface area contributed by atoms with Crippen LogP contribution in [-0.2, 0) is 9.53 Å². The van der Waals surface area contributed by atoms with Crippen LogP contribution in [0.5, 0.6) is 0 Å². The Labute approximate surface area is 208 Å². The Morgan fingerprint density at radius 2 is 1.63 bits per heavy atom. The summed E-state index contributed by atoms with van der Waals surface area (Å²) < 4.78 is 5.52. The van der Waals surface area contributed by atoms with E-state index >= 15 is 0 Å². The van der Waals surface area contributed by atoms with Gasteiger partial charge in [-0.1, -0.05) is 67.1 Å². The van der Waals surface area contributed by atoms with E-state index in [2.05, 4.69) is 22.8 Å². The number of carbonyl (C=O) groups excluding carboxylic acids is 2. The Hall–Kier alpha value is -3.84. The average Bonchev–Trinajstić information content (AvgIpc) is 3.18. The summed E-state index contributed by atoms with van der Waals surface area (Å²) in [5, 5.41) is 14.9. The molecule has 7 nitrogen and oxygen atoms in total. The van der Waals surface area contributed by atoms with Gasteiger partial charge in [-0.15, -0.1) is 0 Å². The van der Waals surface area contributed by atoms with Crippen LogP contribution in [0.2, 0.25) is 5.02 Å². The highest BCUT2D eigenvalue weighted by Gasteiger charge is 2.29. The number of carboxylic acid groups (broad SMARTS) is 1. The quantitative estimate of drug-likeness (QED) is 0.383. The molecule has 0 aliphatic heterocycles. The van der Waals surface area contributed by atoms with Crippen molar-refractivity contribution in [3.63, 3.8) is 0 Å². The highest BCUT2D eigenvalue weighted by Crippen LogP contribution is 2.44. The van der Waals surface area contributed by atoms with Crippen molar-refractivity contribution in [2.75, 3.05) is 18.5 Å². The van der Waals surface area contributed by atoms with Gasteiger partial charge in [0.2, 0.25) is 5.91 Å². The first kappa shape index (κ1) is 24.3. The molecule has 0 spiro atoms. The molecule has 8 heteroatoms. The molecule has 1 aliphatic rings. The lowest BCUT2D eigenvalue weighted by Gasteiger charge is -2.18. The van der Waals surface area contributed by atoms with Crippen molar-refractivity contribution in [2.45, 2.75) is 19.3 Å². The van der Waals surface area contributed by atoms with Crippen LogP contribution in [0.4, 0.5) is 10.5 Å². The minimum Gasteiger partial charge on any atom is -0.478 e. The topological polar surface area (TPSA) is 105 Å². The van der Waals surface area contributed by atoms with Crippen LogP contribution < -0.4 is 10.6 Å². The van der Waals surface area contributed by atoms with E-state index in [1.165, 1.54) is 18.2 Å². The molecule has 0 radical (unpaired) electrons. The highest BCUT2D eigenvalue weighted by molar-refractivity contribution is 6.31. The van der Waals surface area contributed by atoms with Gasteiger partial charge in [0.15, 0.2) is 0 Å². The Morgan fingerprint density at radius 3 is 2.23 bits per heavy atom. The maximum Gasteiger partial charge on any atom is 0.407 e. The third-order valence-electron chi connectivity index (χ3n) is 6.17. The number of rotatable bonds is 8. The lowest BCUT2D eigenvalue weighted by molar-refractivity contribution is -0.119. The van der Waals surface area contributed by atoms with Crippen molar-refractivity contribution in [1.29, 1.82) is 0 Å². The molecule has 35 heavy (non-hydrogen) atoms. The summed E-state index contributed by atoms with van der Waals surface area (Å²) in [5.74, 6) is -2.24. The van der Waals surface area contributed by atoms with E-state index in [-0.39, 0.29) is 35.3 Å². The SMILES string of the molecule is CCC(CNC(=O)OCC1c2ccccc2-c2ccccc21)C(=O)Nc1ccc(Cl)cc1C(=O)O. The van der Waals surface area contributed by atoms with Crippen molar-refractivity contribution >= 4 is 35.3 Å². The van der Waals surface area contributed by atoms with E-state index in [0.717, 1.165) is 22.3 Å². The summed E-state index contributed by atoms with van der Waals surface area (Å²) in [6, 6.07) is 20.4. The van der Waals surface area contributed by atoms with E-state index in [1.54, 1.807) is 0 Å². The van der Waals surface area contributed by atoms with Gasteiger partial charge in [0.25, 0.3) is 0 Å². The second-order valence-electron chi connectivity index (χ2n) is 8.30. The molecule has 0 saturated heterocycles. The molecule has 3 aromatic rings. The Bertz CT molecular complexity index is 1230. The number of carboxylic acids is 1. The number of hydrogen-bond donors (Lipinski definition) is 3. The predicted molar refractivity (Wildman–Crippen MR) is 134 cm³/mol. The molecular formula is C27H25ClN2O5. The summed E-state index contributed by atoms with van der Waals surface area (Å²) in [6.07, 6.45) is -0.179. The van der Waals surface area contributed by atoms with Crippen molar-refractivity contribution in [1.82, 2.24) is 5.32 Å². The summed E-state index contributed by atoms with van der Waals surface area (Å²) in [6.45, 7) is 2.04. The van der Waals surface area contributed by atoms with E-state index in [4.69, 9.17) is 16.3 Å². The fourth-order valence-electron chi connectivity index (χ4n) is 4.32. The minimum absolute atomic E-state index is 0.0506. The average molecular weight is 493 g/mol. The van der Waals surface area contributed by atoms with Gasteiger partial charge in [-0.3, -0.25) is 4.79 Å². The summed E-state index contributed by atoms with van der Waals surface area (Å²) in [5.41, 5.74) is 4.55. The van der Waals surface area contributed by atoms with Crippen molar-refractivity contribution in [2.24, 2.45) is 5.92 Å². The second-order valence-corrected chi connectivity index (χ2v) is 8.73. The predicted octanol–water partition coefficient (Wildman–Crippen LogP) is 5.54. The van der Waals surface area contributed by atoms with Gasteiger partial charge in [0, 0.05) is 17.5 Å². The van der Waals surface area contributed by atoms with Crippen LogP contribution in [0.1, 0.15) is 40.7 Å².